The first-order valence-electron chi connectivity index (χ1n) is 5.30. The van der Waals surface area contributed by atoms with E-state index in [1.807, 2.05) is 14.0 Å². The van der Waals surface area contributed by atoms with Gasteiger partial charge in [0.2, 0.25) is 0 Å². The van der Waals surface area contributed by atoms with Gasteiger partial charge >= 0.3 is 0 Å². The molecule has 0 aliphatic rings. The van der Waals surface area contributed by atoms with Crippen LogP contribution in [0.25, 0.3) is 11.5 Å². The Morgan fingerprint density at radius 1 is 1.44 bits per heavy atom. The molecule has 1 unspecified atom stereocenters. The van der Waals surface area contributed by atoms with E-state index in [4.69, 9.17) is 4.52 Å². The van der Waals surface area contributed by atoms with Crippen molar-refractivity contribution in [1.29, 1.82) is 0 Å². The molecule has 2 aromatic heterocycles. The molecule has 2 aromatic rings. The maximum atomic E-state index is 13.0. The first-order chi connectivity index (χ1) is 8.19. The Labute approximate surface area is 110 Å². The Bertz CT molecular complexity index is 505. The highest BCUT2D eigenvalue weighted by atomic mass is 35.5. The summed E-state index contributed by atoms with van der Waals surface area (Å²) in [7, 11) is 1.86. The molecule has 0 aromatic carbocycles. The summed E-state index contributed by atoms with van der Waals surface area (Å²) in [6.07, 6.45) is 3.27. The molecule has 98 valence electrons. The van der Waals surface area contributed by atoms with E-state index in [-0.39, 0.29) is 24.3 Å². The second kappa shape index (κ2) is 6.42. The van der Waals surface area contributed by atoms with Gasteiger partial charge in [0.05, 0.1) is 11.8 Å². The van der Waals surface area contributed by atoms with Crippen LogP contribution >= 0.6 is 12.4 Å². The van der Waals surface area contributed by atoms with E-state index < -0.39 is 5.82 Å². The zero-order valence-corrected chi connectivity index (χ0v) is 10.9. The SMILES string of the molecule is CNC(C)Cc1noc(-c2cncc(F)c2)n1.Cl. The van der Waals surface area contributed by atoms with Crippen LogP contribution in [0.1, 0.15) is 12.7 Å². The Balaban J connectivity index is 0.00000162. The largest absolute Gasteiger partial charge is 0.334 e. The van der Waals surface area contributed by atoms with Crippen LogP contribution in [0, 0.1) is 5.82 Å². The molecule has 7 heteroatoms. The fourth-order valence-corrected chi connectivity index (χ4v) is 1.36. The lowest BCUT2D eigenvalue weighted by atomic mass is 10.2. The summed E-state index contributed by atoms with van der Waals surface area (Å²) in [5.74, 6) is 0.451. The Morgan fingerprint density at radius 3 is 2.89 bits per heavy atom. The van der Waals surface area contributed by atoms with Gasteiger partial charge in [0, 0.05) is 18.7 Å². The monoisotopic (exact) mass is 272 g/mol. The van der Waals surface area contributed by atoms with Crippen molar-refractivity contribution in [3.63, 3.8) is 0 Å². The van der Waals surface area contributed by atoms with Crippen molar-refractivity contribution in [2.24, 2.45) is 0 Å². The third kappa shape index (κ3) is 3.48. The second-order valence-corrected chi connectivity index (χ2v) is 3.80. The minimum atomic E-state index is -0.425. The molecule has 0 aliphatic heterocycles. The van der Waals surface area contributed by atoms with Crippen molar-refractivity contribution in [3.05, 3.63) is 30.1 Å². The molecule has 0 saturated carbocycles. The maximum absolute atomic E-state index is 13.0. The van der Waals surface area contributed by atoms with Crippen molar-refractivity contribution in [1.82, 2.24) is 20.4 Å². The predicted octanol–water partition coefficient (Wildman–Crippen LogP) is 1.84. The molecular weight excluding hydrogens is 259 g/mol. The number of hydrogen-bond donors (Lipinski definition) is 1. The fraction of sp³-hybridized carbons (Fsp3) is 0.364. The maximum Gasteiger partial charge on any atom is 0.259 e. The van der Waals surface area contributed by atoms with Crippen LogP contribution in [0.2, 0.25) is 0 Å². The highest BCUT2D eigenvalue weighted by Gasteiger charge is 2.11. The van der Waals surface area contributed by atoms with Crippen LogP contribution < -0.4 is 5.32 Å². The molecular formula is C11H14ClFN4O. The first-order valence-corrected chi connectivity index (χ1v) is 5.30. The van der Waals surface area contributed by atoms with Gasteiger partial charge in [-0.25, -0.2) is 4.39 Å². The molecule has 0 aliphatic carbocycles. The molecule has 18 heavy (non-hydrogen) atoms. The standard InChI is InChI=1S/C11H13FN4O.ClH/c1-7(13-2)3-10-15-11(17-16-10)8-4-9(12)6-14-5-8;/h4-7,13H,3H2,1-2H3;1H. The van der Waals surface area contributed by atoms with Gasteiger partial charge in [-0.3, -0.25) is 4.98 Å². The van der Waals surface area contributed by atoms with E-state index in [9.17, 15) is 4.39 Å². The number of aromatic nitrogens is 3. The highest BCUT2D eigenvalue weighted by Crippen LogP contribution is 2.16. The third-order valence-corrected chi connectivity index (χ3v) is 2.40. The summed E-state index contributed by atoms with van der Waals surface area (Å²) >= 11 is 0. The zero-order chi connectivity index (χ0) is 12.3. The van der Waals surface area contributed by atoms with Gasteiger partial charge < -0.3 is 9.84 Å². The smallest absolute Gasteiger partial charge is 0.259 e. The molecule has 1 atom stereocenters. The van der Waals surface area contributed by atoms with Crippen LogP contribution in [-0.2, 0) is 6.42 Å². The lowest BCUT2D eigenvalue weighted by Gasteiger charge is -2.04. The second-order valence-electron chi connectivity index (χ2n) is 3.80. The topological polar surface area (TPSA) is 63.8 Å². The zero-order valence-electron chi connectivity index (χ0n) is 10.1. The van der Waals surface area contributed by atoms with E-state index in [0.29, 0.717) is 17.8 Å². The Kier molecular flexibility index (Phi) is 5.18. The van der Waals surface area contributed by atoms with Gasteiger partial charge in [-0.1, -0.05) is 5.16 Å². The van der Waals surface area contributed by atoms with E-state index in [1.165, 1.54) is 12.3 Å². The summed E-state index contributed by atoms with van der Waals surface area (Å²) < 4.78 is 18.0. The van der Waals surface area contributed by atoms with Gasteiger partial charge in [-0.2, -0.15) is 4.98 Å². The summed E-state index contributed by atoms with van der Waals surface area (Å²) in [4.78, 5) is 7.92. The van der Waals surface area contributed by atoms with Gasteiger partial charge in [0.1, 0.15) is 5.82 Å². The van der Waals surface area contributed by atoms with Crippen molar-refractivity contribution in [3.8, 4) is 11.5 Å². The van der Waals surface area contributed by atoms with E-state index >= 15 is 0 Å². The average Bonchev–Trinajstić information content (AvgIpc) is 2.77. The number of likely N-dealkylation sites (N-methyl/N-ethyl adjacent to an activating group) is 1. The van der Waals surface area contributed by atoms with E-state index in [1.54, 1.807) is 0 Å². The van der Waals surface area contributed by atoms with Crippen molar-refractivity contribution < 1.29 is 8.91 Å². The fourth-order valence-electron chi connectivity index (χ4n) is 1.36. The van der Waals surface area contributed by atoms with Gasteiger partial charge in [0.25, 0.3) is 5.89 Å². The van der Waals surface area contributed by atoms with Gasteiger partial charge in [-0.15, -0.1) is 12.4 Å². The number of hydrogen-bond acceptors (Lipinski definition) is 5. The van der Waals surface area contributed by atoms with Crippen LogP contribution in [0.15, 0.2) is 23.0 Å². The molecule has 1 N–H and O–H groups in total. The van der Waals surface area contributed by atoms with E-state index in [2.05, 4.69) is 20.4 Å². The molecule has 5 nitrogen and oxygen atoms in total. The van der Waals surface area contributed by atoms with Crippen LogP contribution in [0.3, 0.4) is 0 Å². The molecule has 0 spiro atoms. The Morgan fingerprint density at radius 2 is 2.22 bits per heavy atom. The summed E-state index contributed by atoms with van der Waals surface area (Å²) in [6.45, 7) is 2.01. The van der Waals surface area contributed by atoms with Crippen LogP contribution in [-0.4, -0.2) is 28.2 Å². The van der Waals surface area contributed by atoms with Crippen molar-refractivity contribution in [2.75, 3.05) is 7.05 Å². The van der Waals surface area contributed by atoms with Gasteiger partial charge in [0.15, 0.2) is 5.82 Å². The average molecular weight is 273 g/mol. The Hall–Kier alpha value is -1.53. The molecule has 0 fully saturated rings. The number of rotatable bonds is 4. The lowest BCUT2D eigenvalue weighted by Crippen LogP contribution is -2.24. The first kappa shape index (κ1) is 14.5. The molecule has 0 radical (unpaired) electrons. The molecule has 0 bridgehead atoms. The summed E-state index contributed by atoms with van der Waals surface area (Å²) in [5.41, 5.74) is 0.487. The quantitative estimate of drug-likeness (QED) is 0.920. The van der Waals surface area contributed by atoms with Crippen molar-refractivity contribution >= 4 is 12.4 Å². The van der Waals surface area contributed by atoms with E-state index in [0.717, 1.165) is 6.20 Å². The molecule has 0 amide bonds. The van der Waals surface area contributed by atoms with Crippen molar-refractivity contribution in [2.45, 2.75) is 19.4 Å². The highest BCUT2D eigenvalue weighted by molar-refractivity contribution is 5.85. The lowest BCUT2D eigenvalue weighted by molar-refractivity contribution is 0.418. The molecule has 0 saturated heterocycles. The van der Waals surface area contributed by atoms with Gasteiger partial charge in [-0.05, 0) is 20.0 Å². The number of pyridine rings is 1. The predicted molar refractivity (Wildman–Crippen MR) is 67.0 cm³/mol. The summed E-state index contributed by atoms with van der Waals surface area (Å²) in [5, 5.41) is 6.91. The minimum Gasteiger partial charge on any atom is -0.334 e. The van der Waals surface area contributed by atoms with Crippen LogP contribution in [0.5, 0.6) is 0 Å². The third-order valence-electron chi connectivity index (χ3n) is 2.40. The molecule has 2 rings (SSSR count). The number of nitrogens with zero attached hydrogens (tertiary/aromatic N) is 3. The minimum absolute atomic E-state index is 0. The number of nitrogens with one attached hydrogen (secondary N) is 1. The normalized spacial score (nSPS) is 11.9. The van der Waals surface area contributed by atoms with Crippen LogP contribution in [0.4, 0.5) is 4.39 Å². The number of halogens is 2. The molecule has 2 heterocycles. The summed E-state index contributed by atoms with van der Waals surface area (Å²) in [6, 6.07) is 1.57.